The molecule has 4 heterocycles. The lowest BCUT2D eigenvalue weighted by atomic mass is 9.98. The number of hydrogen-bond donors (Lipinski definition) is 1. The molecule has 0 radical (unpaired) electrons. The molecular weight excluding hydrogens is 414 g/mol. The van der Waals surface area contributed by atoms with Crippen molar-refractivity contribution in [2.75, 3.05) is 19.6 Å². The zero-order valence-electron chi connectivity index (χ0n) is 17.8. The molecule has 8 nitrogen and oxygen atoms in total. The Bertz CT molecular complexity index is 1270. The first-order chi connectivity index (χ1) is 14.9. The number of nitrogens with zero attached hydrogens (tertiary/aromatic N) is 4. The first-order valence-corrected chi connectivity index (χ1v) is 12.2. The minimum atomic E-state index is -3.84. The number of hydrogen-bond acceptors (Lipinski definition) is 5. The molecule has 2 aliphatic heterocycles. The maximum atomic E-state index is 13.5. The van der Waals surface area contributed by atoms with E-state index in [0.29, 0.717) is 36.5 Å². The number of rotatable bonds is 3. The summed E-state index contributed by atoms with van der Waals surface area (Å²) in [6, 6.07) is 5.39. The fourth-order valence-corrected chi connectivity index (χ4v) is 6.24. The number of amides is 1. The van der Waals surface area contributed by atoms with Gasteiger partial charge in [-0.3, -0.25) is 4.79 Å². The smallest absolute Gasteiger partial charge is 0.287 e. The van der Waals surface area contributed by atoms with Gasteiger partial charge in [0.05, 0.1) is 11.8 Å². The summed E-state index contributed by atoms with van der Waals surface area (Å²) in [5.74, 6) is 0.669. The van der Waals surface area contributed by atoms with E-state index in [1.165, 1.54) is 16.5 Å². The zero-order chi connectivity index (χ0) is 21.8. The number of piperidine rings is 1. The number of carbonyl (C=O) groups excluding carboxylic acids is 1. The van der Waals surface area contributed by atoms with Crippen LogP contribution in [-0.2, 0) is 30.0 Å². The second-order valence-electron chi connectivity index (χ2n) is 8.71. The van der Waals surface area contributed by atoms with E-state index < -0.39 is 10.0 Å². The van der Waals surface area contributed by atoms with Crippen LogP contribution in [0.5, 0.6) is 0 Å². The van der Waals surface area contributed by atoms with Gasteiger partial charge in [-0.2, -0.15) is 8.42 Å². The third-order valence-electron chi connectivity index (χ3n) is 6.48. The van der Waals surface area contributed by atoms with Crippen LogP contribution in [0.25, 0.3) is 10.9 Å². The largest absolute Gasteiger partial charge is 0.339 e. The second kappa shape index (κ2) is 7.49. The lowest BCUT2D eigenvalue weighted by Crippen LogP contribution is -2.37. The van der Waals surface area contributed by atoms with Gasteiger partial charge in [0.2, 0.25) is 0 Å². The molecule has 2 aromatic heterocycles. The van der Waals surface area contributed by atoms with E-state index >= 15 is 0 Å². The molecule has 0 spiro atoms. The molecule has 3 aromatic rings. The zero-order valence-corrected chi connectivity index (χ0v) is 18.7. The fraction of sp³-hybridized carbons (Fsp3) is 0.455. The van der Waals surface area contributed by atoms with E-state index in [-0.39, 0.29) is 10.9 Å². The molecule has 1 fully saturated rings. The van der Waals surface area contributed by atoms with Crippen LogP contribution in [0.1, 0.15) is 41.4 Å². The molecule has 0 saturated carbocycles. The number of likely N-dealkylation sites (tertiary alicyclic amines) is 1. The summed E-state index contributed by atoms with van der Waals surface area (Å²) in [6.45, 7) is 5.05. The molecule has 5 rings (SSSR count). The van der Waals surface area contributed by atoms with Crippen molar-refractivity contribution in [1.29, 1.82) is 0 Å². The Morgan fingerprint density at radius 3 is 2.71 bits per heavy atom. The highest BCUT2D eigenvalue weighted by Gasteiger charge is 2.30. The second-order valence-corrected chi connectivity index (χ2v) is 10.4. The number of carbonyl (C=O) groups is 1. The van der Waals surface area contributed by atoms with Gasteiger partial charge in [-0.15, -0.1) is 0 Å². The fourth-order valence-electron chi connectivity index (χ4n) is 4.67. The van der Waals surface area contributed by atoms with Gasteiger partial charge in [-0.05, 0) is 42.5 Å². The summed E-state index contributed by atoms with van der Waals surface area (Å²) in [5.41, 5.74) is 2.93. The molecule has 9 heteroatoms. The van der Waals surface area contributed by atoms with Gasteiger partial charge in [0.15, 0.2) is 5.03 Å². The summed E-state index contributed by atoms with van der Waals surface area (Å²) < 4.78 is 30.0. The monoisotopic (exact) mass is 441 g/mol. The highest BCUT2D eigenvalue weighted by molar-refractivity contribution is 7.90. The van der Waals surface area contributed by atoms with Gasteiger partial charge in [-0.1, -0.05) is 6.92 Å². The number of aryl methyl sites for hydroxylation is 1. The van der Waals surface area contributed by atoms with E-state index in [1.807, 2.05) is 11.0 Å². The molecule has 0 atom stereocenters. The van der Waals surface area contributed by atoms with Crippen LogP contribution in [0, 0.1) is 5.92 Å². The van der Waals surface area contributed by atoms with Gasteiger partial charge in [-0.25, -0.2) is 8.96 Å². The van der Waals surface area contributed by atoms with E-state index in [2.05, 4.69) is 17.2 Å². The minimum Gasteiger partial charge on any atom is -0.339 e. The number of nitrogens with one attached hydrogen (secondary N) is 1. The van der Waals surface area contributed by atoms with Crippen LogP contribution >= 0.6 is 0 Å². The molecule has 1 aromatic carbocycles. The Balaban J connectivity index is 1.62. The average molecular weight is 442 g/mol. The van der Waals surface area contributed by atoms with Crippen LogP contribution in [0.15, 0.2) is 35.7 Å². The van der Waals surface area contributed by atoms with Crippen LogP contribution in [-0.4, -0.2) is 52.4 Å². The maximum Gasteiger partial charge on any atom is 0.287 e. The maximum absolute atomic E-state index is 13.5. The van der Waals surface area contributed by atoms with Crippen LogP contribution < -0.4 is 5.32 Å². The number of fused-ring (bicyclic) bond motifs is 3. The molecule has 1 N–H and O–H groups in total. The van der Waals surface area contributed by atoms with E-state index in [4.69, 9.17) is 0 Å². The topological polar surface area (TPSA) is 89.2 Å². The first-order valence-electron chi connectivity index (χ1n) is 10.8. The van der Waals surface area contributed by atoms with Crippen molar-refractivity contribution in [3.05, 3.63) is 47.5 Å². The van der Waals surface area contributed by atoms with Gasteiger partial charge >= 0.3 is 0 Å². The highest BCUT2D eigenvalue weighted by atomic mass is 32.2. The number of benzene rings is 1. The van der Waals surface area contributed by atoms with Crippen molar-refractivity contribution >= 4 is 26.8 Å². The van der Waals surface area contributed by atoms with Gasteiger partial charge in [0.1, 0.15) is 0 Å². The molecule has 0 aliphatic carbocycles. The molecule has 164 valence electrons. The van der Waals surface area contributed by atoms with Crippen LogP contribution in [0.2, 0.25) is 0 Å². The third kappa shape index (κ3) is 3.36. The quantitative estimate of drug-likeness (QED) is 0.673. The van der Waals surface area contributed by atoms with Crippen molar-refractivity contribution in [2.24, 2.45) is 13.0 Å². The SMILES string of the molecule is CC1CCN(C(=O)c2ccc3c(c2)c2c(n3S(=O)(=O)c3cn(C)cn3)CCNC2)CC1. The summed E-state index contributed by atoms with van der Waals surface area (Å²) in [5, 5.41) is 4.18. The predicted octanol–water partition coefficient (Wildman–Crippen LogP) is 2.13. The van der Waals surface area contributed by atoms with Crippen molar-refractivity contribution in [1.82, 2.24) is 23.7 Å². The van der Waals surface area contributed by atoms with Crippen LogP contribution in [0.3, 0.4) is 0 Å². The summed E-state index contributed by atoms with van der Waals surface area (Å²) in [4.78, 5) is 19.1. The Kier molecular flexibility index (Phi) is 4.90. The van der Waals surface area contributed by atoms with Crippen molar-refractivity contribution in [3.8, 4) is 0 Å². The molecule has 2 aliphatic rings. The van der Waals surface area contributed by atoms with E-state index in [9.17, 15) is 13.2 Å². The molecule has 0 bridgehead atoms. The molecule has 1 amide bonds. The number of imidazole rings is 1. The lowest BCUT2D eigenvalue weighted by molar-refractivity contribution is 0.0697. The normalized spacial score (nSPS) is 17.8. The lowest BCUT2D eigenvalue weighted by Gasteiger charge is -2.30. The highest BCUT2D eigenvalue weighted by Crippen LogP contribution is 2.33. The van der Waals surface area contributed by atoms with Gasteiger partial charge < -0.3 is 14.8 Å². The standard InChI is InChI=1S/C22H27N5O3S/c1-15-6-9-26(10-7-15)22(28)16-3-4-19-17(11-16)18-12-23-8-5-20(18)27(19)31(29,30)21-13-25(2)14-24-21/h3-4,11,13-15,23H,5-10,12H2,1-2H3. The summed E-state index contributed by atoms with van der Waals surface area (Å²) >= 11 is 0. The van der Waals surface area contributed by atoms with E-state index in [1.54, 1.807) is 23.7 Å². The van der Waals surface area contributed by atoms with Crippen molar-refractivity contribution < 1.29 is 13.2 Å². The third-order valence-corrected chi connectivity index (χ3v) is 8.12. The first kappa shape index (κ1) is 20.3. The molecule has 1 saturated heterocycles. The minimum absolute atomic E-state index is 0.0200. The Morgan fingerprint density at radius 1 is 1.23 bits per heavy atom. The van der Waals surface area contributed by atoms with Crippen molar-refractivity contribution in [3.63, 3.8) is 0 Å². The predicted molar refractivity (Wildman–Crippen MR) is 117 cm³/mol. The van der Waals surface area contributed by atoms with Gasteiger partial charge in [0, 0.05) is 62.5 Å². The Hall–Kier alpha value is -2.65. The molecule has 31 heavy (non-hydrogen) atoms. The molecular formula is C22H27N5O3S. The van der Waals surface area contributed by atoms with Crippen molar-refractivity contribution in [2.45, 2.75) is 37.8 Å². The summed E-state index contributed by atoms with van der Waals surface area (Å²) in [6.07, 6.45) is 5.65. The number of aromatic nitrogens is 3. The van der Waals surface area contributed by atoms with E-state index in [0.717, 1.165) is 42.6 Å². The average Bonchev–Trinajstić information content (AvgIpc) is 3.35. The van der Waals surface area contributed by atoms with Gasteiger partial charge in [0.25, 0.3) is 15.9 Å². The van der Waals surface area contributed by atoms with Crippen LogP contribution in [0.4, 0.5) is 0 Å². The Labute approximate surface area is 181 Å². The summed E-state index contributed by atoms with van der Waals surface area (Å²) in [7, 11) is -2.09. The Morgan fingerprint density at radius 2 is 2.00 bits per heavy atom. The molecule has 0 unspecified atom stereocenters.